The molecule has 0 aliphatic heterocycles. The van der Waals surface area contributed by atoms with Crippen molar-refractivity contribution in [3.05, 3.63) is 101 Å². The standard InChI is InChI=1S/C23H22O3/c1-2-17-8-10-18(11-9-17)14-20-12-13-21(23(24)25)15-22(20)26-16-19-6-4-3-5-7-19/h3-13,15H,2,14,16H2,1H3,(H,24,25). The van der Waals surface area contributed by atoms with E-state index in [2.05, 4.69) is 31.2 Å². The van der Waals surface area contributed by atoms with Gasteiger partial charge in [-0.05, 0) is 40.8 Å². The smallest absolute Gasteiger partial charge is 0.335 e. The van der Waals surface area contributed by atoms with Crippen LogP contribution in [0.15, 0.2) is 72.8 Å². The Balaban J connectivity index is 1.83. The van der Waals surface area contributed by atoms with E-state index in [-0.39, 0.29) is 5.56 Å². The van der Waals surface area contributed by atoms with Crippen LogP contribution in [0.4, 0.5) is 0 Å². The van der Waals surface area contributed by atoms with Crippen molar-refractivity contribution >= 4 is 5.97 Å². The molecule has 0 atom stereocenters. The molecule has 3 heteroatoms. The minimum Gasteiger partial charge on any atom is -0.489 e. The second kappa shape index (κ2) is 8.34. The van der Waals surface area contributed by atoms with Crippen molar-refractivity contribution in [2.45, 2.75) is 26.4 Å². The summed E-state index contributed by atoms with van der Waals surface area (Å²) in [4.78, 5) is 11.3. The van der Waals surface area contributed by atoms with E-state index >= 15 is 0 Å². The molecule has 26 heavy (non-hydrogen) atoms. The molecule has 0 radical (unpaired) electrons. The Morgan fingerprint density at radius 2 is 1.58 bits per heavy atom. The number of benzene rings is 3. The van der Waals surface area contributed by atoms with Gasteiger partial charge in [0, 0.05) is 6.42 Å². The van der Waals surface area contributed by atoms with Crippen LogP contribution in [0.1, 0.15) is 39.5 Å². The molecule has 3 rings (SSSR count). The van der Waals surface area contributed by atoms with Crippen molar-refractivity contribution in [2.24, 2.45) is 0 Å². The lowest BCUT2D eigenvalue weighted by Crippen LogP contribution is -2.03. The number of ether oxygens (including phenoxy) is 1. The second-order valence-electron chi connectivity index (χ2n) is 6.25. The zero-order valence-electron chi connectivity index (χ0n) is 14.8. The Hall–Kier alpha value is -3.07. The first-order valence-electron chi connectivity index (χ1n) is 8.76. The third-order valence-corrected chi connectivity index (χ3v) is 4.38. The minimum absolute atomic E-state index is 0.234. The van der Waals surface area contributed by atoms with Gasteiger partial charge in [0.05, 0.1) is 5.56 Å². The molecule has 0 aliphatic carbocycles. The van der Waals surface area contributed by atoms with Crippen molar-refractivity contribution in [1.82, 2.24) is 0 Å². The van der Waals surface area contributed by atoms with E-state index in [1.54, 1.807) is 12.1 Å². The number of aryl methyl sites for hydroxylation is 1. The lowest BCUT2D eigenvalue weighted by atomic mass is 10.0. The monoisotopic (exact) mass is 346 g/mol. The number of carboxylic acid groups (broad SMARTS) is 1. The maximum absolute atomic E-state index is 11.3. The average Bonchev–Trinajstić information content (AvgIpc) is 2.68. The molecule has 0 unspecified atom stereocenters. The molecule has 0 fully saturated rings. The van der Waals surface area contributed by atoms with Gasteiger partial charge >= 0.3 is 5.97 Å². The highest BCUT2D eigenvalue weighted by molar-refractivity contribution is 5.88. The van der Waals surface area contributed by atoms with Crippen LogP contribution in [-0.2, 0) is 19.4 Å². The van der Waals surface area contributed by atoms with E-state index in [0.717, 1.165) is 17.5 Å². The topological polar surface area (TPSA) is 46.5 Å². The third-order valence-electron chi connectivity index (χ3n) is 4.38. The molecule has 0 spiro atoms. The quantitative estimate of drug-likeness (QED) is 0.646. The summed E-state index contributed by atoms with van der Waals surface area (Å²) in [5, 5.41) is 9.28. The zero-order chi connectivity index (χ0) is 18.4. The highest BCUT2D eigenvalue weighted by Gasteiger charge is 2.11. The first-order valence-corrected chi connectivity index (χ1v) is 8.76. The molecule has 0 amide bonds. The average molecular weight is 346 g/mol. The van der Waals surface area contributed by atoms with Crippen LogP contribution in [-0.4, -0.2) is 11.1 Å². The number of hydrogen-bond acceptors (Lipinski definition) is 2. The maximum atomic E-state index is 11.3. The Bertz CT molecular complexity index is 868. The SMILES string of the molecule is CCc1ccc(Cc2ccc(C(=O)O)cc2OCc2ccccc2)cc1. The number of aromatic carboxylic acids is 1. The van der Waals surface area contributed by atoms with Gasteiger partial charge in [0.25, 0.3) is 0 Å². The summed E-state index contributed by atoms with van der Waals surface area (Å²) in [6.45, 7) is 2.54. The lowest BCUT2D eigenvalue weighted by Gasteiger charge is -2.13. The van der Waals surface area contributed by atoms with Crippen molar-refractivity contribution in [2.75, 3.05) is 0 Å². The van der Waals surface area contributed by atoms with Gasteiger partial charge in [0.2, 0.25) is 0 Å². The predicted molar refractivity (Wildman–Crippen MR) is 103 cm³/mol. The van der Waals surface area contributed by atoms with Gasteiger partial charge in [-0.15, -0.1) is 0 Å². The highest BCUT2D eigenvalue weighted by atomic mass is 16.5. The fourth-order valence-corrected chi connectivity index (χ4v) is 2.82. The van der Waals surface area contributed by atoms with Crippen molar-refractivity contribution in [3.8, 4) is 5.75 Å². The van der Waals surface area contributed by atoms with Crippen molar-refractivity contribution in [3.63, 3.8) is 0 Å². The number of carboxylic acids is 1. The van der Waals surface area contributed by atoms with Crippen molar-refractivity contribution < 1.29 is 14.6 Å². The van der Waals surface area contributed by atoms with Crippen LogP contribution in [0.3, 0.4) is 0 Å². The van der Waals surface area contributed by atoms with E-state index in [9.17, 15) is 9.90 Å². The molecule has 1 N–H and O–H groups in total. The van der Waals surface area contributed by atoms with E-state index in [4.69, 9.17) is 4.74 Å². The first kappa shape index (κ1) is 17.7. The zero-order valence-corrected chi connectivity index (χ0v) is 14.8. The van der Waals surface area contributed by atoms with E-state index in [1.165, 1.54) is 11.1 Å². The molecule has 3 nitrogen and oxygen atoms in total. The highest BCUT2D eigenvalue weighted by Crippen LogP contribution is 2.25. The van der Waals surface area contributed by atoms with Gasteiger partial charge in [-0.3, -0.25) is 0 Å². The Morgan fingerprint density at radius 1 is 0.885 bits per heavy atom. The molecule has 0 aliphatic rings. The number of carbonyl (C=O) groups is 1. The van der Waals surface area contributed by atoms with Crippen LogP contribution in [0.5, 0.6) is 5.75 Å². The summed E-state index contributed by atoms with van der Waals surface area (Å²) >= 11 is 0. The summed E-state index contributed by atoms with van der Waals surface area (Å²) in [6.07, 6.45) is 1.72. The second-order valence-corrected chi connectivity index (χ2v) is 6.25. The molecule has 0 saturated heterocycles. The van der Waals surface area contributed by atoms with Gasteiger partial charge in [-0.2, -0.15) is 0 Å². The lowest BCUT2D eigenvalue weighted by molar-refractivity contribution is 0.0696. The van der Waals surface area contributed by atoms with Gasteiger partial charge in [-0.25, -0.2) is 4.79 Å². The van der Waals surface area contributed by atoms with E-state index < -0.39 is 5.97 Å². The fraction of sp³-hybridized carbons (Fsp3) is 0.174. The van der Waals surface area contributed by atoms with Gasteiger partial charge in [0.1, 0.15) is 12.4 Å². The third kappa shape index (κ3) is 4.51. The first-order chi connectivity index (χ1) is 12.7. The molecule has 3 aromatic rings. The summed E-state index contributed by atoms with van der Waals surface area (Å²) in [6, 6.07) is 23.4. The molecule has 0 saturated carbocycles. The summed E-state index contributed by atoms with van der Waals surface area (Å²) < 4.78 is 5.97. The van der Waals surface area contributed by atoms with Gasteiger partial charge in [0.15, 0.2) is 0 Å². The molecule has 3 aromatic carbocycles. The normalized spacial score (nSPS) is 10.5. The molecular formula is C23H22O3. The fourth-order valence-electron chi connectivity index (χ4n) is 2.82. The Kier molecular flexibility index (Phi) is 5.69. The molecule has 0 bridgehead atoms. The minimum atomic E-state index is -0.951. The predicted octanol–water partition coefficient (Wildman–Crippen LogP) is 5.12. The van der Waals surface area contributed by atoms with Crippen LogP contribution < -0.4 is 4.74 Å². The number of hydrogen-bond donors (Lipinski definition) is 1. The Morgan fingerprint density at radius 3 is 2.23 bits per heavy atom. The van der Waals surface area contributed by atoms with Crippen LogP contribution in [0, 0.1) is 0 Å². The summed E-state index contributed by atoms with van der Waals surface area (Å²) in [5.41, 5.74) is 4.74. The molecule has 132 valence electrons. The summed E-state index contributed by atoms with van der Waals surface area (Å²) in [7, 11) is 0. The van der Waals surface area contributed by atoms with Crippen LogP contribution in [0.25, 0.3) is 0 Å². The van der Waals surface area contributed by atoms with Crippen molar-refractivity contribution in [1.29, 1.82) is 0 Å². The maximum Gasteiger partial charge on any atom is 0.335 e. The Labute approximate surface area is 153 Å². The van der Waals surface area contributed by atoms with Crippen LogP contribution >= 0.6 is 0 Å². The van der Waals surface area contributed by atoms with Crippen LogP contribution in [0.2, 0.25) is 0 Å². The van der Waals surface area contributed by atoms with Gasteiger partial charge < -0.3 is 9.84 Å². The molecular weight excluding hydrogens is 324 g/mol. The molecule has 0 aromatic heterocycles. The van der Waals surface area contributed by atoms with Gasteiger partial charge in [-0.1, -0.05) is 67.6 Å². The van der Waals surface area contributed by atoms with E-state index in [0.29, 0.717) is 18.8 Å². The summed E-state index contributed by atoms with van der Waals surface area (Å²) in [5.74, 6) is -0.332. The number of rotatable bonds is 7. The largest absolute Gasteiger partial charge is 0.489 e. The van der Waals surface area contributed by atoms with E-state index in [1.807, 2.05) is 36.4 Å². The molecule has 0 heterocycles.